The van der Waals surface area contributed by atoms with Crippen LogP contribution < -0.4 is 5.32 Å². The molecule has 3 rings (SSSR count). The molecule has 0 aliphatic heterocycles. The Morgan fingerprint density at radius 2 is 2.23 bits per heavy atom. The Hall–Kier alpha value is -1.66. The van der Waals surface area contributed by atoms with E-state index in [1.54, 1.807) is 11.3 Å². The number of thiophene rings is 1. The molecule has 4 nitrogen and oxygen atoms in total. The Balaban J connectivity index is 1.65. The van der Waals surface area contributed by atoms with Gasteiger partial charge in [0.15, 0.2) is 0 Å². The number of nitrogens with zero attached hydrogens (tertiary/aromatic N) is 2. The van der Waals surface area contributed by atoms with Crippen molar-refractivity contribution in [2.24, 2.45) is 0 Å². The van der Waals surface area contributed by atoms with E-state index in [9.17, 15) is 4.79 Å². The van der Waals surface area contributed by atoms with Crippen LogP contribution in [0.4, 0.5) is 5.69 Å². The summed E-state index contributed by atoms with van der Waals surface area (Å²) in [7, 11) is 0. The lowest BCUT2D eigenvalue weighted by atomic mass is 10.2. The second kappa shape index (κ2) is 6.62. The van der Waals surface area contributed by atoms with Gasteiger partial charge in [-0.1, -0.05) is 0 Å². The maximum atomic E-state index is 12.1. The number of aromatic nitrogens is 2. The summed E-state index contributed by atoms with van der Waals surface area (Å²) in [6.07, 6.45) is 3.09. The van der Waals surface area contributed by atoms with E-state index in [-0.39, 0.29) is 5.91 Å². The predicted octanol–water partition coefficient (Wildman–Crippen LogP) is 4.45. The third-order valence-electron chi connectivity index (χ3n) is 3.46. The Morgan fingerprint density at radius 3 is 2.95 bits per heavy atom. The first-order valence-electron chi connectivity index (χ1n) is 7.15. The zero-order valence-electron chi connectivity index (χ0n) is 12.2. The topological polar surface area (TPSA) is 46.9 Å². The fraction of sp³-hybridized carbons (Fsp3) is 0.250. The van der Waals surface area contributed by atoms with E-state index in [4.69, 9.17) is 0 Å². The summed E-state index contributed by atoms with van der Waals surface area (Å²) in [5.74, 6) is 0.0337. The van der Waals surface area contributed by atoms with Crippen LogP contribution in [0.15, 0.2) is 40.3 Å². The maximum absolute atomic E-state index is 12.1. The summed E-state index contributed by atoms with van der Waals surface area (Å²) in [5.41, 5.74) is 1.86. The molecule has 0 saturated carbocycles. The minimum Gasteiger partial charge on any atom is -0.326 e. The number of rotatable bonds is 5. The maximum Gasteiger partial charge on any atom is 0.224 e. The number of fused-ring (bicyclic) bond motifs is 1. The molecule has 2 heterocycles. The van der Waals surface area contributed by atoms with E-state index in [1.807, 2.05) is 41.2 Å². The van der Waals surface area contributed by atoms with E-state index in [2.05, 4.69) is 33.3 Å². The SMILES string of the molecule is CCn1ncc2ccc(NC(=O)CCc3ccc(Br)s3)cc21. The quantitative estimate of drug-likeness (QED) is 0.713. The van der Waals surface area contributed by atoms with Crippen LogP contribution in [0, 0.1) is 0 Å². The fourth-order valence-corrected chi connectivity index (χ4v) is 3.83. The van der Waals surface area contributed by atoms with Gasteiger partial charge in [0.2, 0.25) is 5.91 Å². The molecule has 0 radical (unpaired) electrons. The number of benzene rings is 1. The first kappa shape index (κ1) is 15.2. The molecule has 2 aromatic heterocycles. The second-order valence-corrected chi connectivity index (χ2v) is 7.54. The molecule has 1 aromatic carbocycles. The van der Waals surface area contributed by atoms with Crippen LogP contribution in [-0.2, 0) is 17.8 Å². The monoisotopic (exact) mass is 377 g/mol. The van der Waals surface area contributed by atoms with Crippen molar-refractivity contribution in [1.82, 2.24) is 9.78 Å². The minimum absolute atomic E-state index is 0.0337. The minimum atomic E-state index is 0.0337. The fourth-order valence-electron chi connectivity index (χ4n) is 2.35. The average molecular weight is 378 g/mol. The van der Waals surface area contributed by atoms with Crippen molar-refractivity contribution >= 4 is 49.8 Å². The molecule has 1 amide bonds. The number of halogens is 1. The molecule has 0 spiro atoms. The predicted molar refractivity (Wildman–Crippen MR) is 94.4 cm³/mol. The molecule has 0 fully saturated rings. The molecule has 0 aliphatic rings. The molecule has 3 aromatic rings. The number of carbonyl (C=O) groups is 1. The van der Waals surface area contributed by atoms with Gasteiger partial charge >= 0.3 is 0 Å². The highest BCUT2D eigenvalue weighted by atomic mass is 79.9. The van der Waals surface area contributed by atoms with Crippen molar-refractivity contribution in [2.45, 2.75) is 26.3 Å². The first-order valence-corrected chi connectivity index (χ1v) is 8.76. The van der Waals surface area contributed by atoms with Crippen LogP contribution >= 0.6 is 27.3 Å². The summed E-state index contributed by atoms with van der Waals surface area (Å²) < 4.78 is 3.02. The Kier molecular flexibility index (Phi) is 4.59. The standard InChI is InChI=1S/C16H16BrN3OS/c1-2-20-14-9-12(4-3-11(14)10-18-20)19-16(21)8-6-13-5-7-15(17)22-13/h3-5,7,9-10H,2,6,8H2,1H3,(H,19,21). The highest BCUT2D eigenvalue weighted by Gasteiger charge is 2.07. The molecule has 0 atom stereocenters. The number of amides is 1. The molecule has 22 heavy (non-hydrogen) atoms. The van der Waals surface area contributed by atoms with Gasteiger partial charge in [-0.05, 0) is 59.6 Å². The Bertz CT molecular complexity index is 809. The molecule has 114 valence electrons. The first-order chi connectivity index (χ1) is 10.7. The second-order valence-electron chi connectivity index (χ2n) is 4.99. The number of carbonyl (C=O) groups excluding carboxylic acids is 1. The van der Waals surface area contributed by atoms with Gasteiger partial charge in [-0.2, -0.15) is 5.10 Å². The van der Waals surface area contributed by atoms with Gasteiger partial charge in [0, 0.05) is 28.9 Å². The van der Waals surface area contributed by atoms with E-state index in [1.165, 1.54) is 4.88 Å². The van der Waals surface area contributed by atoms with E-state index in [0.29, 0.717) is 6.42 Å². The van der Waals surface area contributed by atoms with Crippen LogP contribution in [0.3, 0.4) is 0 Å². The molecular weight excluding hydrogens is 362 g/mol. The van der Waals surface area contributed by atoms with Gasteiger partial charge in [-0.15, -0.1) is 11.3 Å². The van der Waals surface area contributed by atoms with Gasteiger partial charge in [0.1, 0.15) is 0 Å². The van der Waals surface area contributed by atoms with Crippen molar-refractivity contribution in [3.63, 3.8) is 0 Å². The van der Waals surface area contributed by atoms with E-state index < -0.39 is 0 Å². The van der Waals surface area contributed by atoms with Crippen LogP contribution in [-0.4, -0.2) is 15.7 Å². The summed E-state index contributed by atoms with van der Waals surface area (Å²) in [5, 5.41) is 8.36. The number of aryl methyl sites for hydroxylation is 2. The van der Waals surface area contributed by atoms with Gasteiger partial charge in [0.25, 0.3) is 0 Å². The lowest BCUT2D eigenvalue weighted by Crippen LogP contribution is -2.12. The molecule has 0 bridgehead atoms. The molecule has 0 unspecified atom stereocenters. The van der Waals surface area contributed by atoms with Crippen molar-refractivity contribution in [3.05, 3.63) is 45.2 Å². The lowest BCUT2D eigenvalue weighted by Gasteiger charge is -2.06. The third kappa shape index (κ3) is 3.39. The van der Waals surface area contributed by atoms with E-state index >= 15 is 0 Å². The highest BCUT2D eigenvalue weighted by molar-refractivity contribution is 9.11. The van der Waals surface area contributed by atoms with Gasteiger partial charge < -0.3 is 5.32 Å². The van der Waals surface area contributed by atoms with Gasteiger partial charge in [-0.25, -0.2) is 0 Å². The molecule has 0 saturated heterocycles. The van der Waals surface area contributed by atoms with Crippen LogP contribution in [0.5, 0.6) is 0 Å². The number of anilines is 1. The smallest absolute Gasteiger partial charge is 0.224 e. The number of hydrogen-bond acceptors (Lipinski definition) is 3. The lowest BCUT2D eigenvalue weighted by molar-refractivity contribution is -0.116. The number of hydrogen-bond donors (Lipinski definition) is 1. The van der Waals surface area contributed by atoms with E-state index in [0.717, 1.165) is 33.3 Å². The van der Waals surface area contributed by atoms with Gasteiger partial charge in [-0.3, -0.25) is 9.48 Å². The van der Waals surface area contributed by atoms with Crippen LogP contribution in [0.2, 0.25) is 0 Å². The summed E-state index contributed by atoms with van der Waals surface area (Å²) in [6.45, 7) is 2.87. The largest absolute Gasteiger partial charge is 0.326 e. The van der Waals surface area contributed by atoms with Gasteiger partial charge in [0.05, 0.1) is 15.5 Å². The normalized spacial score (nSPS) is 11.0. The molecule has 0 aliphatic carbocycles. The third-order valence-corrected chi connectivity index (χ3v) is 5.14. The van der Waals surface area contributed by atoms with Crippen LogP contribution in [0.25, 0.3) is 10.9 Å². The summed E-state index contributed by atoms with van der Waals surface area (Å²) in [6, 6.07) is 9.95. The van der Waals surface area contributed by atoms with Crippen molar-refractivity contribution < 1.29 is 4.79 Å². The van der Waals surface area contributed by atoms with Crippen molar-refractivity contribution in [3.8, 4) is 0 Å². The Labute approximate surface area is 141 Å². The summed E-state index contributed by atoms with van der Waals surface area (Å²) >= 11 is 5.10. The number of nitrogens with one attached hydrogen (secondary N) is 1. The van der Waals surface area contributed by atoms with Crippen LogP contribution in [0.1, 0.15) is 18.2 Å². The molecule has 1 N–H and O–H groups in total. The van der Waals surface area contributed by atoms with Crippen molar-refractivity contribution in [1.29, 1.82) is 0 Å². The average Bonchev–Trinajstić information content (AvgIpc) is 3.10. The zero-order chi connectivity index (χ0) is 15.5. The molecular formula is C16H16BrN3OS. The zero-order valence-corrected chi connectivity index (χ0v) is 14.6. The Morgan fingerprint density at radius 1 is 1.36 bits per heavy atom. The highest BCUT2D eigenvalue weighted by Crippen LogP contribution is 2.23. The van der Waals surface area contributed by atoms with Crippen molar-refractivity contribution in [2.75, 3.05) is 5.32 Å². The molecule has 6 heteroatoms. The summed E-state index contributed by atoms with van der Waals surface area (Å²) in [4.78, 5) is 13.3.